The van der Waals surface area contributed by atoms with Crippen LogP contribution in [-0.4, -0.2) is 52.4 Å². The van der Waals surface area contributed by atoms with E-state index in [1.807, 2.05) is 0 Å². The summed E-state index contributed by atoms with van der Waals surface area (Å²) >= 11 is 0. The van der Waals surface area contributed by atoms with Crippen LogP contribution in [0.3, 0.4) is 0 Å². The molecule has 0 aromatic rings. The smallest absolute Gasteiger partial charge is 2.00 e. The third-order valence-electron chi connectivity index (χ3n) is 0. The fourth-order valence-electron chi connectivity index (χ4n) is 0. The van der Waals surface area contributed by atoms with E-state index in [2.05, 4.69) is 0 Å². The van der Waals surface area contributed by atoms with Gasteiger partial charge in [0.15, 0.2) is 0 Å². The first kappa shape index (κ1) is 555. The standard InChI is InChI=1S/2Bi.2Fe.2Nb.11O/q4*+3;2*+5;11*-2. The zero-order valence-corrected chi connectivity index (χ0v) is 20.5. The summed E-state index contributed by atoms with van der Waals surface area (Å²) in [4.78, 5) is 0. The molecule has 0 saturated carbocycles. The van der Waals surface area contributed by atoms with Crippen LogP contribution in [0.1, 0.15) is 0 Å². The Kier molecular flexibility index (Phi) is 15600. The molecule has 0 rings (SSSR count). The van der Waals surface area contributed by atoms with Crippen LogP contribution >= 0.6 is 0 Å². The van der Waals surface area contributed by atoms with Crippen molar-refractivity contribution in [1.82, 2.24) is 0 Å². The van der Waals surface area contributed by atoms with Gasteiger partial charge in [-0.15, -0.1) is 0 Å². The maximum atomic E-state index is 0. The van der Waals surface area contributed by atoms with Gasteiger partial charge in [0.25, 0.3) is 0 Å². The molecule has 0 unspecified atom stereocenters. The summed E-state index contributed by atoms with van der Waals surface area (Å²) < 4.78 is 0. The second kappa shape index (κ2) is 477. The van der Waals surface area contributed by atoms with Crippen molar-refractivity contribution in [2.24, 2.45) is 0 Å². The minimum Gasteiger partial charge on any atom is -2.00 e. The van der Waals surface area contributed by atoms with Gasteiger partial charge < -0.3 is 60.2 Å². The summed E-state index contributed by atoms with van der Waals surface area (Å²) in [6.07, 6.45) is 0. The molecule has 0 heterocycles. The average molecular weight is 891 g/mol. The topological polar surface area (TPSA) is 314 Å². The maximum absolute atomic E-state index is 0. The zero-order valence-electron chi connectivity index (χ0n) is 6.99. The van der Waals surface area contributed by atoms with Crippen LogP contribution in [0, 0.1) is 0 Å². The largest absolute Gasteiger partial charge is 5.00 e. The van der Waals surface area contributed by atoms with Crippen molar-refractivity contribution in [3.63, 3.8) is 0 Å². The van der Waals surface area contributed by atoms with E-state index < -0.39 is 0 Å². The Morgan fingerprint density at radius 1 is 0.235 bits per heavy atom. The van der Waals surface area contributed by atoms with Crippen LogP contribution in [0.5, 0.6) is 0 Å². The van der Waals surface area contributed by atoms with Crippen molar-refractivity contribution in [2.45, 2.75) is 0 Å². The summed E-state index contributed by atoms with van der Waals surface area (Å²) in [6, 6.07) is 0. The average Bonchev–Trinajstić information content (AvgIpc) is 0. The molecule has 0 saturated heterocycles. The normalized spacial score (nSPS) is 0. The SMILES string of the molecule is [Bi+3].[Bi+3].[Fe+3].[Fe+3].[Nb+5].[Nb+5].[O-2].[O-2].[O-2].[O-2].[O-2].[O-2].[O-2].[O-2].[O-2].[O-2].[O-2]. The van der Waals surface area contributed by atoms with Gasteiger partial charge in [-0.05, 0) is 0 Å². The molecule has 6 radical (unpaired) electrons. The molecular formula is Bi2Fe2Nb2O11. The summed E-state index contributed by atoms with van der Waals surface area (Å²) in [6.45, 7) is 0. The van der Waals surface area contributed by atoms with Gasteiger partial charge in [-0.2, -0.15) is 0 Å². The third-order valence-corrected chi connectivity index (χ3v) is 0. The Bertz CT molecular complexity index is 25.4. The molecule has 11 nitrogen and oxygen atoms in total. The first-order chi connectivity index (χ1) is 0. The predicted octanol–water partition coefficient (Wildman–Crippen LogP) is -2.08. The van der Waals surface area contributed by atoms with Crippen LogP contribution in [0.15, 0.2) is 0 Å². The molecule has 0 aromatic carbocycles. The van der Waals surface area contributed by atoms with Crippen molar-refractivity contribution in [1.29, 1.82) is 0 Å². The Hall–Kier alpha value is 3.85. The van der Waals surface area contributed by atoms with Gasteiger partial charge in [0, 0.05) is 0 Å². The minimum absolute atomic E-state index is 0. The zero-order chi connectivity index (χ0) is 0. The van der Waals surface area contributed by atoms with Gasteiger partial charge in [0.05, 0.1) is 0 Å². The Morgan fingerprint density at radius 3 is 0.235 bits per heavy atom. The van der Waals surface area contributed by atoms with Crippen molar-refractivity contribution in [3.8, 4) is 0 Å². The summed E-state index contributed by atoms with van der Waals surface area (Å²) in [5.41, 5.74) is 0. The molecule has 0 aliphatic rings. The van der Waals surface area contributed by atoms with Crippen LogP contribution in [-0.2, 0) is 139 Å². The summed E-state index contributed by atoms with van der Waals surface area (Å²) in [5, 5.41) is 0. The molecule has 0 spiro atoms. The molecule has 17 heteroatoms. The van der Waals surface area contributed by atoms with Crippen LogP contribution < -0.4 is 0 Å². The maximum Gasteiger partial charge on any atom is 5.00 e. The Labute approximate surface area is 189 Å². The number of hydrogen-bond acceptors (Lipinski definition) is 0. The molecule has 0 N–H and O–H groups in total. The van der Waals surface area contributed by atoms with Gasteiger partial charge in [0.1, 0.15) is 0 Å². The van der Waals surface area contributed by atoms with Crippen LogP contribution in [0.4, 0.5) is 0 Å². The van der Waals surface area contributed by atoms with Gasteiger partial charge >= 0.3 is 131 Å². The van der Waals surface area contributed by atoms with E-state index in [9.17, 15) is 0 Å². The van der Waals surface area contributed by atoms with Gasteiger partial charge in [0.2, 0.25) is 0 Å². The second-order valence-corrected chi connectivity index (χ2v) is 0. The monoisotopic (exact) mass is 892 g/mol. The van der Waals surface area contributed by atoms with E-state index in [1.165, 1.54) is 0 Å². The molecule has 0 aromatic heterocycles. The third kappa shape index (κ3) is 427. The summed E-state index contributed by atoms with van der Waals surface area (Å²) in [7, 11) is 0. The Balaban J connectivity index is 0. The van der Waals surface area contributed by atoms with E-state index in [1.54, 1.807) is 0 Å². The Morgan fingerprint density at radius 2 is 0.235 bits per heavy atom. The first-order valence-electron chi connectivity index (χ1n) is 0. The van der Waals surface area contributed by atoms with Crippen molar-refractivity contribution in [2.75, 3.05) is 0 Å². The van der Waals surface area contributed by atoms with E-state index in [4.69, 9.17) is 0 Å². The molecule has 17 heavy (non-hydrogen) atoms. The minimum atomic E-state index is 0. The van der Waals surface area contributed by atoms with Gasteiger partial charge in [-0.25, -0.2) is 0 Å². The molecular weight excluding hydrogens is 891 g/mol. The van der Waals surface area contributed by atoms with Crippen molar-refractivity contribution >= 4 is 52.4 Å². The van der Waals surface area contributed by atoms with Crippen LogP contribution in [0.25, 0.3) is 0 Å². The van der Waals surface area contributed by atoms with Crippen molar-refractivity contribution < 1.29 is 139 Å². The molecule has 0 atom stereocenters. The molecule has 102 valence electrons. The first-order valence-corrected chi connectivity index (χ1v) is 0. The predicted molar refractivity (Wildman–Crippen MR) is 19.1 cm³/mol. The van der Waals surface area contributed by atoms with Crippen molar-refractivity contribution in [3.05, 3.63) is 0 Å². The molecule has 0 bridgehead atoms. The molecule has 0 aliphatic heterocycles. The van der Waals surface area contributed by atoms with E-state index >= 15 is 0 Å². The second-order valence-electron chi connectivity index (χ2n) is 0. The van der Waals surface area contributed by atoms with Gasteiger partial charge in [-0.3, -0.25) is 0 Å². The molecule has 0 amide bonds. The number of rotatable bonds is 0. The quantitative estimate of drug-likeness (QED) is 0.237. The van der Waals surface area contributed by atoms with E-state index in [0.29, 0.717) is 0 Å². The van der Waals surface area contributed by atoms with Gasteiger partial charge in [-0.1, -0.05) is 0 Å². The van der Waals surface area contributed by atoms with E-state index in [-0.39, 0.29) is 192 Å². The molecule has 0 fully saturated rings. The fraction of sp³-hybridized carbons (Fsp3) is 0. The van der Waals surface area contributed by atoms with Crippen LogP contribution in [0.2, 0.25) is 0 Å². The van der Waals surface area contributed by atoms with E-state index in [0.717, 1.165) is 0 Å². The number of hydrogen-bond donors (Lipinski definition) is 0. The fourth-order valence-corrected chi connectivity index (χ4v) is 0. The molecule has 0 aliphatic carbocycles. The summed E-state index contributed by atoms with van der Waals surface area (Å²) in [5.74, 6) is 0.